The second kappa shape index (κ2) is 7.69. The van der Waals surface area contributed by atoms with Crippen molar-refractivity contribution in [3.63, 3.8) is 0 Å². The van der Waals surface area contributed by atoms with Crippen LogP contribution in [0.15, 0.2) is 24.3 Å². The van der Waals surface area contributed by atoms with E-state index in [1.165, 1.54) is 12.1 Å². The topological polar surface area (TPSA) is 21.3 Å². The van der Waals surface area contributed by atoms with E-state index in [9.17, 15) is 13.2 Å². The van der Waals surface area contributed by atoms with Crippen LogP contribution in [-0.2, 0) is 6.54 Å². The van der Waals surface area contributed by atoms with Crippen molar-refractivity contribution in [2.24, 2.45) is 17.8 Å². The highest BCUT2D eigenvalue weighted by atomic mass is 19.4. The van der Waals surface area contributed by atoms with E-state index in [0.717, 1.165) is 12.1 Å². The molecule has 21 heavy (non-hydrogen) atoms. The molecule has 0 aliphatic rings. The second-order valence-corrected chi connectivity index (χ2v) is 5.98. The third kappa shape index (κ3) is 6.85. The summed E-state index contributed by atoms with van der Waals surface area (Å²) in [5, 5.41) is 3.32. The number of hydrogen-bond donors (Lipinski definition) is 1. The first kappa shape index (κ1) is 17.8. The number of nitrogens with one attached hydrogen (secondary N) is 1. The summed E-state index contributed by atoms with van der Waals surface area (Å²) in [5.74, 6) is 1.50. The van der Waals surface area contributed by atoms with Crippen LogP contribution in [0.3, 0.4) is 0 Å². The minimum absolute atomic E-state index is 0.175. The third-order valence-corrected chi connectivity index (χ3v) is 3.55. The molecule has 0 fully saturated rings. The zero-order valence-electron chi connectivity index (χ0n) is 13.0. The van der Waals surface area contributed by atoms with Crippen molar-refractivity contribution >= 4 is 0 Å². The largest absolute Gasteiger partial charge is 0.573 e. The van der Waals surface area contributed by atoms with Gasteiger partial charge in [0.1, 0.15) is 5.75 Å². The highest BCUT2D eigenvalue weighted by molar-refractivity contribution is 5.28. The molecule has 1 aromatic carbocycles. The molecule has 0 unspecified atom stereocenters. The molecule has 2 nitrogen and oxygen atoms in total. The fourth-order valence-electron chi connectivity index (χ4n) is 2.48. The van der Waals surface area contributed by atoms with Crippen LogP contribution in [0.2, 0.25) is 0 Å². The maximum Gasteiger partial charge on any atom is 0.573 e. The van der Waals surface area contributed by atoms with E-state index in [4.69, 9.17) is 0 Å². The van der Waals surface area contributed by atoms with Crippen LogP contribution in [0.25, 0.3) is 0 Å². The van der Waals surface area contributed by atoms with Gasteiger partial charge < -0.3 is 10.1 Å². The van der Waals surface area contributed by atoms with Gasteiger partial charge in [0.05, 0.1) is 0 Å². The Hall–Kier alpha value is -1.23. The summed E-state index contributed by atoms with van der Waals surface area (Å²) in [6.45, 7) is 10.1. The first-order chi connectivity index (χ1) is 9.69. The Balaban J connectivity index is 2.54. The van der Waals surface area contributed by atoms with Gasteiger partial charge in [0.25, 0.3) is 0 Å². The van der Waals surface area contributed by atoms with E-state index >= 15 is 0 Å². The van der Waals surface area contributed by atoms with E-state index in [0.29, 0.717) is 24.3 Å². The van der Waals surface area contributed by atoms with E-state index in [1.54, 1.807) is 12.1 Å². The maximum absolute atomic E-state index is 12.2. The molecule has 0 aliphatic heterocycles. The smallest absolute Gasteiger partial charge is 0.406 e. The van der Waals surface area contributed by atoms with Crippen molar-refractivity contribution in [1.29, 1.82) is 0 Å². The molecular weight excluding hydrogens is 279 g/mol. The summed E-state index contributed by atoms with van der Waals surface area (Å²) in [6, 6.07) is 6.08. The number of hydrogen-bond acceptors (Lipinski definition) is 2. The molecule has 1 N–H and O–H groups in total. The Bertz CT molecular complexity index is 422. The predicted molar refractivity (Wildman–Crippen MR) is 78.0 cm³/mol. The Morgan fingerprint density at radius 3 is 2.24 bits per heavy atom. The summed E-state index contributed by atoms with van der Waals surface area (Å²) in [7, 11) is 0. The number of benzene rings is 1. The van der Waals surface area contributed by atoms with Crippen LogP contribution in [-0.4, -0.2) is 12.9 Å². The van der Waals surface area contributed by atoms with Crippen molar-refractivity contribution in [1.82, 2.24) is 5.32 Å². The Kier molecular flexibility index (Phi) is 6.52. The van der Waals surface area contributed by atoms with Gasteiger partial charge in [-0.1, -0.05) is 39.8 Å². The number of ether oxygens (including phenoxy) is 1. The van der Waals surface area contributed by atoms with Crippen molar-refractivity contribution in [2.45, 2.75) is 40.6 Å². The molecule has 0 heterocycles. The molecule has 120 valence electrons. The molecular formula is C16H24F3NO. The van der Waals surface area contributed by atoms with Crippen LogP contribution in [0.1, 0.15) is 33.3 Å². The lowest BCUT2D eigenvalue weighted by Gasteiger charge is -2.25. The molecule has 0 aliphatic carbocycles. The predicted octanol–water partition coefficient (Wildman–Crippen LogP) is 4.60. The Morgan fingerprint density at radius 1 is 1.10 bits per heavy atom. The molecule has 1 aromatic rings. The van der Waals surface area contributed by atoms with Crippen molar-refractivity contribution in [3.05, 3.63) is 29.8 Å². The van der Waals surface area contributed by atoms with Gasteiger partial charge >= 0.3 is 6.36 Å². The maximum atomic E-state index is 12.2. The van der Waals surface area contributed by atoms with E-state index in [2.05, 4.69) is 37.7 Å². The second-order valence-electron chi connectivity index (χ2n) is 5.98. The van der Waals surface area contributed by atoms with Crippen molar-refractivity contribution < 1.29 is 17.9 Å². The molecule has 0 atom stereocenters. The standard InChI is InChI=1S/C16H24F3NO/c1-11(2)15(12(3)4)10-20-9-13-6-5-7-14(8-13)21-16(17,18)19/h5-8,11-12,15,20H,9-10H2,1-4H3. The molecule has 1 rings (SSSR count). The average molecular weight is 303 g/mol. The molecule has 0 radical (unpaired) electrons. The summed E-state index contributed by atoms with van der Waals surface area (Å²) >= 11 is 0. The van der Waals surface area contributed by atoms with Crippen LogP contribution in [0.5, 0.6) is 5.75 Å². The summed E-state index contributed by atoms with van der Waals surface area (Å²) in [5.41, 5.74) is 0.781. The fraction of sp³-hybridized carbons (Fsp3) is 0.625. The summed E-state index contributed by atoms with van der Waals surface area (Å²) < 4.78 is 40.4. The van der Waals surface area contributed by atoms with Crippen LogP contribution >= 0.6 is 0 Å². The van der Waals surface area contributed by atoms with Gasteiger partial charge in [0, 0.05) is 6.54 Å². The number of alkyl halides is 3. The average Bonchev–Trinajstić information content (AvgIpc) is 2.32. The van der Waals surface area contributed by atoms with Gasteiger partial charge in [0.15, 0.2) is 0 Å². The summed E-state index contributed by atoms with van der Waals surface area (Å²) in [4.78, 5) is 0. The minimum atomic E-state index is -4.65. The van der Waals surface area contributed by atoms with Gasteiger partial charge in [-0.15, -0.1) is 13.2 Å². The number of rotatable bonds is 7. The molecule has 0 bridgehead atoms. The van der Waals surface area contributed by atoms with Gasteiger partial charge in [-0.05, 0) is 42.0 Å². The quantitative estimate of drug-likeness (QED) is 0.794. The minimum Gasteiger partial charge on any atom is -0.406 e. The Labute approximate surface area is 124 Å². The highest BCUT2D eigenvalue weighted by Gasteiger charge is 2.31. The van der Waals surface area contributed by atoms with Gasteiger partial charge in [0.2, 0.25) is 0 Å². The monoisotopic (exact) mass is 303 g/mol. The molecule has 5 heteroatoms. The fourth-order valence-corrected chi connectivity index (χ4v) is 2.48. The molecule has 0 amide bonds. The van der Waals surface area contributed by atoms with Gasteiger partial charge in [-0.2, -0.15) is 0 Å². The first-order valence-corrected chi connectivity index (χ1v) is 7.24. The van der Waals surface area contributed by atoms with Crippen molar-refractivity contribution in [2.75, 3.05) is 6.54 Å². The van der Waals surface area contributed by atoms with E-state index < -0.39 is 6.36 Å². The lowest BCUT2D eigenvalue weighted by atomic mass is 9.85. The van der Waals surface area contributed by atoms with Gasteiger partial charge in [-0.3, -0.25) is 0 Å². The Morgan fingerprint density at radius 2 is 1.71 bits per heavy atom. The first-order valence-electron chi connectivity index (χ1n) is 7.24. The molecule has 0 saturated carbocycles. The third-order valence-electron chi connectivity index (χ3n) is 3.55. The lowest BCUT2D eigenvalue weighted by Crippen LogP contribution is -2.29. The van der Waals surface area contributed by atoms with Crippen LogP contribution < -0.4 is 10.1 Å². The lowest BCUT2D eigenvalue weighted by molar-refractivity contribution is -0.274. The molecule has 0 saturated heterocycles. The zero-order chi connectivity index (χ0) is 16.0. The molecule has 0 aromatic heterocycles. The van der Waals surface area contributed by atoms with Crippen LogP contribution in [0, 0.1) is 17.8 Å². The number of halogens is 3. The van der Waals surface area contributed by atoms with Crippen LogP contribution in [0.4, 0.5) is 13.2 Å². The zero-order valence-corrected chi connectivity index (χ0v) is 13.0. The highest BCUT2D eigenvalue weighted by Crippen LogP contribution is 2.23. The molecule has 0 spiro atoms. The van der Waals surface area contributed by atoms with E-state index in [1.807, 2.05) is 0 Å². The van der Waals surface area contributed by atoms with Crippen molar-refractivity contribution in [3.8, 4) is 5.75 Å². The van der Waals surface area contributed by atoms with Gasteiger partial charge in [-0.25, -0.2) is 0 Å². The normalized spacial score (nSPS) is 12.5. The van der Waals surface area contributed by atoms with E-state index in [-0.39, 0.29) is 5.75 Å². The summed E-state index contributed by atoms with van der Waals surface area (Å²) in [6.07, 6.45) is -4.65. The SMILES string of the molecule is CC(C)C(CNCc1cccc(OC(F)(F)F)c1)C(C)C.